The van der Waals surface area contributed by atoms with Gasteiger partial charge in [-0.05, 0) is 39.3 Å². The summed E-state index contributed by atoms with van der Waals surface area (Å²) in [7, 11) is 0. The zero-order valence-electron chi connectivity index (χ0n) is 12.6. The van der Waals surface area contributed by atoms with Crippen molar-refractivity contribution in [3.63, 3.8) is 0 Å². The Balaban J connectivity index is 2.28. The van der Waals surface area contributed by atoms with Crippen molar-refractivity contribution in [2.24, 2.45) is 0 Å². The fourth-order valence-corrected chi connectivity index (χ4v) is 3.33. The lowest BCUT2D eigenvalue weighted by Gasteiger charge is -2.13. The van der Waals surface area contributed by atoms with E-state index in [1.54, 1.807) is 19.3 Å². The van der Waals surface area contributed by atoms with E-state index < -0.39 is 5.97 Å². The molecule has 5 nitrogen and oxygen atoms in total. The quantitative estimate of drug-likeness (QED) is 0.857. The molecule has 2 aromatic heterocycles. The van der Waals surface area contributed by atoms with Crippen LogP contribution in [0.3, 0.4) is 0 Å². The highest BCUT2D eigenvalue weighted by Crippen LogP contribution is 2.28. The molecule has 21 heavy (non-hydrogen) atoms. The summed E-state index contributed by atoms with van der Waals surface area (Å²) >= 11 is 1.44. The fourth-order valence-electron chi connectivity index (χ4n) is 2.22. The van der Waals surface area contributed by atoms with E-state index in [0.29, 0.717) is 22.4 Å². The Bertz CT molecular complexity index is 665. The van der Waals surface area contributed by atoms with Crippen molar-refractivity contribution in [2.75, 3.05) is 0 Å². The van der Waals surface area contributed by atoms with Crippen LogP contribution >= 0.6 is 11.8 Å². The molecule has 0 aromatic carbocycles. The lowest BCUT2D eigenvalue weighted by Crippen LogP contribution is -2.07. The Morgan fingerprint density at radius 1 is 1.43 bits per heavy atom. The van der Waals surface area contributed by atoms with Gasteiger partial charge in [0, 0.05) is 29.4 Å². The van der Waals surface area contributed by atoms with Crippen LogP contribution in [-0.2, 0) is 5.75 Å². The number of hydrogen-bond donors (Lipinski definition) is 1. The summed E-state index contributed by atoms with van der Waals surface area (Å²) in [5.41, 5.74) is 2.93. The van der Waals surface area contributed by atoms with E-state index in [2.05, 4.69) is 28.4 Å². The lowest BCUT2D eigenvalue weighted by molar-refractivity contribution is 0.0691. The van der Waals surface area contributed by atoms with Gasteiger partial charge >= 0.3 is 5.97 Å². The Labute approximate surface area is 128 Å². The molecule has 0 fully saturated rings. The number of nitrogens with zero attached hydrogens (tertiary/aromatic N) is 3. The molecule has 0 atom stereocenters. The molecule has 6 heteroatoms. The summed E-state index contributed by atoms with van der Waals surface area (Å²) in [6.07, 6.45) is 3.61. The minimum absolute atomic E-state index is 0.293. The molecule has 0 saturated heterocycles. The first-order valence-electron chi connectivity index (χ1n) is 6.75. The van der Waals surface area contributed by atoms with Crippen molar-refractivity contribution in [1.29, 1.82) is 0 Å². The first kappa shape index (κ1) is 15.6. The second kappa shape index (κ2) is 6.30. The van der Waals surface area contributed by atoms with Crippen LogP contribution in [0, 0.1) is 13.8 Å². The fraction of sp³-hybridized carbons (Fsp3) is 0.400. The zero-order valence-corrected chi connectivity index (χ0v) is 13.4. The molecular formula is C15H19N3O2S. The normalized spacial score (nSPS) is 11.1. The van der Waals surface area contributed by atoms with E-state index in [9.17, 15) is 9.90 Å². The minimum Gasteiger partial charge on any atom is -0.478 e. The number of hydrogen-bond acceptors (Lipinski definition) is 4. The van der Waals surface area contributed by atoms with Crippen LogP contribution < -0.4 is 0 Å². The first-order chi connectivity index (χ1) is 9.90. The van der Waals surface area contributed by atoms with Crippen molar-refractivity contribution >= 4 is 17.7 Å². The van der Waals surface area contributed by atoms with Gasteiger partial charge in [0.1, 0.15) is 5.03 Å². The molecule has 0 unspecified atom stereocenters. The van der Waals surface area contributed by atoms with E-state index in [4.69, 9.17) is 0 Å². The molecule has 2 rings (SSSR count). The summed E-state index contributed by atoms with van der Waals surface area (Å²) in [6, 6.07) is 2.13. The molecule has 2 aromatic rings. The molecule has 112 valence electrons. The van der Waals surface area contributed by atoms with Gasteiger partial charge < -0.3 is 9.67 Å². The maximum Gasteiger partial charge on any atom is 0.338 e. The maximum atomic E-state index is 11.4. The summed E-state index contributed by atoms with van der Waals surface area (Å²) in [6.45, 7) is 7.86. The Morgan fingerprint density at radius 2 is 2.14 bits per heavy atom. The van der Waals surface area contributed by atoms with E-state index in [1.807, 2.05) is 13.1 Å². The molecule has 0 spiro atoms. The van der Waals surface area contributed by atoms with Crippen LogP contribution in [0.2, 0.25) is 0 Å². The first-order valence-corrected chi connectivity index (χ1v) is 7.73. The average molecular weight is 305 g/mol. The molecule has 0 aliphatic heterocycles. The number of pyridine rings is 1. The number of aryl methyl sites for hydroxylation is 2. The summed E-state index contributed by atoms with van der Waals surface area (Å²) in [5.74, 6) is -0.284. The standard InChI is InChI=1S/C15H19N3O2S/c1-9(2)18-8-16-6-12(18)7-21-14-13(15(19)20)10(3)5-11(4)17-14/h5-6,8-9H,7H2,1-4H3,(H,19,20). The van der Waals surface area contributed by atoms with Gasteiger partial charge in [-0.1, -0.05) is 11.8 Å². The number of rotatable bonds is 5. The number of carboxylic acids is 1. The van der Waals surface area contributed by atoms with Crippen molar-refractivity contribution in [2.45, 2.75) is 44.5 Å². The van der Waals surface area contributed by atoms with Crippen molar-refractivity contribution in [3.05, 3.63) is 41.1 Å². The predicted octanol–water partition coefficient (Wildman–Crippen LogP) is 3.47. The zero-order chi connectivity index (χ0) is 15.6. The van der Waals surface area contributed by atoms with E-state index >= 15 is 0 Å². The van der Waals surface area contributed by atoms with Gasteiger partial charge in [-0.15, -0.1) is 0 Å². The Kier molecular flexibility index (Phi) is 4.67. The molecule has 0 aliphatic carbocycles. The number of carboxylic acid groups (broad SMARTS) is 1. The molecule has 1 N–H and O–H groups in total. The topological polar surface area (TPSA) is 68.0 Å². The second-order valence-corrected chi connectivity index (χ2v) is 6.20. The highest BCUT2D eigenvalue weighted by molar-refractivity contribution is 7.98. The third-order valence-electron chi connectivity index (χ3n) is 3.18. The van der Waals surface area contributed by atoms with Gasteiger partial charge in [0.15, 0.2) is 0 Å². The average Bonchev–Trinajstić information content (AvgIpc) is 2.83. The molecule has 0 saturated carbocycles. The molecular weight excluding hydrogens is 286 g/mol. The highest BCUT2D eigenvalue weighted by Gasteiger charge is 2.17. The lowest BCUT2D eigenvalue weighted by atomic mass is 10.1. The van der Waals surface area contributed by atoms with Crippen molar-refractivity contribution < 1.29 is 9.90 Å². The number of aromatic nitrogens is 3. The minimum atomic E-state index is -0.931. The smallest absolute Gasteiger partial charge is 0.338 e. The van der Waals surface area contributed by atoms with E-state index in [-0.39, 0.29) is 0 Å². The van der Waals surface area contributed by atoms with Crippen LogP contribution in [0.25, 0.3) is 0 Å². The van der Waals surface area contributed by atoms with Crippen LogP contribution in [0.4, 0.5) is 0 Å². The third-order valence-corrected chi connectivity index (χ3v) is 4.19. The van der Waals surface area contributed by atoms with Gasteiger partial charge in [0.05, 0.1) is 11.9 Å². The van der Waals surface area contributed by atoms with Gasteiger partial charge in [-0.3, -0.25) is 0 Å². The molecule has 0 amide bonds. The monoisotopic (exact) mass is 305 g/mol. The van der Waals surface area contributed by atoms with Gasteiger partial charge in [0.2, 0.25) is 0 Å². The summed E-state index contributed by atoms with van der Waals surface area (Å²) in [4.78, 5) is 20.0. The predicted molar refractivity (Wildman–Crippen MR) is 82.8 cm³/mol. The van der Waals surface area contributed by atoms with Gasteiger partial charge in [-0.25, -0.2) is 14.8 Å². The van der Waals surface area contributed by atoms with E-state index in [1.165, 1.54) is 11.8 Å². The summed E-state index contributed by atoms with van der Waals surface area (Å²) in [5, 5.41) is 9.93. The summed E-state index contributed by atoms with van der Waals surface area (Å²) < 4.78 is 2.08. The van der Waals surface area contributed by atoms with Crippen LogP contribution in [0.1, 0.15) is 47.2 Å². The van der Waals surface area contributed by atoms with Gasteiger partial charge in [-0.2, -0.15) is 0 Å². The maximum absolute atomic E-state index is 11.4. The molecule has 0 radical (unpaired) electrons. The number of aromatic carboxylic acids is 1. The molecule has 2 heterocycles. The Morgan fingerprint density at radius 3 is 2.76 bits per heavy atom. The third kappa shape index (κ3) is 3.44. The largest absolute Gasteiger partial charge is 0.478 e. The van der Waals surface area contributed by atoms with Crippen molar-refractivity contribution in [1.82, 2.24) is 14.5 Å². The highest BCUT2D eigenvalue weighted by atomic mass is 32.2. The van der Waals surface area contributed by atoms with Crippen molar-refractivity contribution in [3.8, 4) is 0 Å². The molecule has 0 bridgehead atoms. The number of carbonyl (C=O) groups is 1. The van der Waals surface area contributed by atoms with Gasteiger partial charge in [0.25, 0.3) is 0 Å². The molecule has 0 aliphatic rings. The van der Waals surface area contributed by atoms with Crippen LogP contribution in [0.15, 0.2) is 23.6 Å². The second-order valence-electron chi connectivity index (χ2n) is 5.24. The van der Waals surface area contributed by atoms with E-state index in [0.717, 1.165) is 17.0 Å². The number of thioether (sulfide) groups is 1. The SMILES string of the molecule is Cc1cc(C)c(C(=O)O)c(SCc2cncn2C(C)C)n1. The van der Waals surface area contributed by atoms with Crippen LogP contribution in [0.5, 0.6) is 0 Å². The Hall–Kier alpha value is -1.82. The number of imidazole rings is 1. The van der Waals surface area contributed by atoms with Crippen LogP contribution in [-0.4, -0.2) is 25.6 Å².